The molecule has 1 amide bonds. The van der Waals surface area contributed by atoms with Crippen molar-refractivity contribution in [1.82, 2.24) is 0 Å². The van der Waals surface area contributed by atoms with Gasteiger partial charge in [-0.15, -0.1) is 11.3 Å². The summed E-state index contributed by atoms with van der Waals surface area (Å²) in [5, 5.41) is 5.13. The van der Waals surface area contributed by atoms with Crippen molar-refractivity contribution < 1.29 is 23.9 Å². The second-order valence-electron chi connectivity index (χ2n) is 10.1. The summed E-state index contributed by atoms with van der Waals surface area (Å²) >= 11 is 1.31. The van der Waals surface area contributed by atoms with E-state index in [1.165, 1.54) is 30.6 Å². The van der Waals surface area contributed by atoms with E-state index in [4.69, 9.17) is 9.47 Å². The molecule has 0 aromatic carbocycles. The van der Waals surface area contributed by atoms with Crippen molar-refractivity contribution in [2.45, 2.75) is 65.7 Å². The van der Waals surface area contributed by atoms with Crippen LogP contribution < -0.4 is 5.32 Å². The van der Waals surface area contributed by atoms with Crippen LogP contribution in [0.25, 0.3) is 0 Å². The number of ether oxygens (including phenoxy) is 2. The maximum absolute atomic E-state index is 13.0. The fraction of sp³-hybridized carbons (Fsp3) is 0.708. The van der Waals surface area contributed by atoms with E-state index in [9.17, 15) is 14.4 Å². The third-order valence-electron chi connectivity index (χ3n) is 7.03. The summed E-state index contributed by atoms with van der Waals surface area (Å²) in [4.78, 5) is 38.0. The fourth-order valence-electron chi connectivity index (χ4n) is 6.31. The molecule has 0 spiro atoms. The molecule has 0 saturated heterocycles. The van der Waals surface area contributed by atoms with Crippen LogP contribution in [-0.4, -0.2) is 31.1 Å². The van der Waals surface area contributed by atoms with Crippen LogP contribution in [0, 0.1) is 29.1 Å². The van der Waals surface area contributed by atoms with Gasteiger partial charge in [-0.1, -0.05) is 13.8 Å². The summed E-state index contributed by atoms with van der Waals surface area (Å²) in [6, 6.07) is 0. The van der Waals surface area contributed by atoms with Crippen LogP contribution >= 0.6 is 11.3 Å². The van der Waals surface area contributed by atoms with Crippen LogP contribution in [0.15, 0.2) is 5.38 Å². The summed E-state index contributed by atoms with van der Waals surface area (Å²) in [7, 11) is 0. The Kier molecular flexibility index (Phi) is 6.42. The third kappa shape index (κ3) is 4.66. The van der Waals surface area contributed by atoms with Gasteiger partial charge < -0.3 is 14.8 Å². The zero-order valence-electron chi connectivity index (χ0n) is 18.7. The van der Waals surface area contributed by atoms with Crippen molar-refractivity contribution in [2.24, 2.45) is 29.1 Å². The van der Waals surface area contributed by atoms with Crippen LogP contribution in [0.5, 0.6) is 0 Å². The fourth-order valence-corrected chi connectivity index (χ4v) is 7.29. The molecule has 4 aliphatic rings. The summed E-state index contributed by atoms with van der Waals surface area (Å²) in [6.07, 6.45) is 7.21. The SMILES string of the molecule is CCOC(=O)c1c(CC(C)C)csc1NC(=O)COC(=O)C12CC3CC(CC(C3)C1)C2. The number of carbonyl (C=O) groups is 3. The number of hydrogen-bond acceptors (Lipinski definition) is 6. The predicted molar refractivity (Wildman–Crippen MR) is 119 cm³/mol. The molecule has 1 N–H and O–H groups in total. The molecule has 1 aromatic rings. The topological polar surface area (TPSA) is 81.7 Å². The monoisotopic (exact) mass is 447 g/mol. The molecule has 4 saturated carbocycles. The van der Waals surface area contributed by atoms with Gasteiger partial charge in [0.25, 0.3) is 5.91 Å². The number of esters is 2. The Labute approximate surface area is 188 Å². The van der Waals surface area contributed by atoms with Crippen molar-refractivity contribution in [2.75, 3.05) is 18.5 Å². The van der Waals surface area contributed by atoms with E-state index in [1.54, 1.807) is 6.92 Å². The first-order valence-corrected chi connectivity index (χ1v) is 12.4. The van der Waals surface area contributed by atoms with E-state index in [0.717, 1.165) is 31.2 Å². The molecule has 4 fully saturated rings. The van der Waals surface area contributed by atoms with Crippen molar-refractivity contribution in [3.8, 4) is 0 Å². The van der Waals surface area contributed by atoms with Crippen molar-refractivity contribution in [1.29, 1.82) is 0 Å². The minimum Gasteiger partial charge on any atom is -0.462 e. The van der Waals surface area contributed by atoms with Gasteiger partial charge >= 0.3 is 11.9 Å². The summed E-state index contributed by atoms with van der Waals surface area (Å²) in [5.41, 5.74) is 0.916. The summed E-state index contributed by atoms with van der Waals surface area (Å²) < 4.78 is 10.7. The number of nitrogens with one attached hydrogen (secondary N) is 1. The molecule has 4 bridgehead atoms. The molecule has 0 aliphatic heterocycles. The van der Waals surface area contributed by atoms with Gasteiger partial charge in [0.15, 0.2) is 6.61 Å². The normalized spacial score (nSPS) is 28.6. The van der Waals surface area contributed by atoms with Gasteiger partial charge in [-0.2, -0.15) is 0 Å². The molecule has 6 nitrogen and oxygen atoms in total. The molecule has 170 valence electrons. The van der Waals surface area contributed by atoms with E-state index >= 15 is 0 Å². The largest absolute Gasteiger partial charge is 0.462 e. The lowest BCUT2D eigenvalue weighted by Gasteiger charge is -2.55. The van der Waals surface area contributed by atoms with Crippen LogP contribution in [-0.2, 0) is 25.5 Å². The first-order valence-electron chi connectivity index (χ1n) is 11.5. The number of carbonyl (C=O) groups excluding carboxylic acids is 3. The maximum atomic E-state index is 13.0. The molecule has 4 aliphatic carbocycles. The third-order valence-corrected chi connectivity index (χ3v) is 7.98. The van der Waals surface area contributed by atoms with E-state index in [0.29, 0.717) is 34.2 Å². The van der Waals surface area contributed by atoms with Crippen LogP contribution in [0.2, 0.25) is 0 Å². The average Bonchev–Trinajstić information content (AvgIpc) is 3.06. The Morgan fingerprint density at radius 2 is 1.71 bits per heavy atom. The first kappa shape index (κ1) is 22.3. The quantitative estimate of drug-likeness (QED) is 0.578. The van der Waals surface area contributed by atoms with Gasteiger partial charge in [-0.3, -0.25) is 9.59 Å². The minimum atomic E-state index is -0.430. The molecular formula is C24H33NO5S. The smallest absolute Gasteiger partial charge is 0.341 e. The summed E-state index contributed by atoms with van der Waals surface area (Å²) in [5.74, 6) is 1.24. The zero-order valence-corrected chi connectivity index (χ0v) is 19.5. The molecule has 0 atom stereocenters. The van der Waals surface area contributed by atoms with E-state index in [2.05, 4.69) is 19.2 Å². The first-order chi connectivity index (χ1) is 14.8. The number of anilines is 1. The molecule has 5 rings (SSSR count). The Balaban J connectivity index is 1.38. The van der Waals surface area contributed by atoms with Gasteiger partial charge in [0.1, 0.15) is 5.00 Å². The highest BCUT2D eigenvalue weighted by molar-refractivity contribution is 7.15. The number of thiophene rings is 1. The lowest BCUT2D eigenvalue weighted by molar-refractivity contribution is -0.172. The average molecular weight is 448 g/mol. The molecule has 0 unspecified atom stereocenters. The standard InChI is InChI=1S/C24H33NO5S/c1-4-29-22(27)20-18(5-14(2)3)13-31-21(20)25-19(26)12-30-23(28)24-9-15-6-16(10-24)8-17(7-15)11-24/h13-17H,4-12H2,1-3H3,(H,25,26). The van der Waals surface area contributed by atoms with E-state index < -0.39 is 11.9 Å². The van der Waals surface area contributed by atoms with E-state index in [1.807, 2.05) is 5.38 Å². The molecular weight excluding hydrogens is 414 g/mol. The van der Waals surface area contributed by atoms with Crippen LogP contribution in [0.4, 0.5) is 5.00 Å². The highest BCUT2D eigenvalue weighted by Gasteiger charge is 2.55. The molecule has 1 aromatic heterocycles. The Morgan fingerprint density at radius 1 is 1.10 bits per heavy atom. The lowest BCUT2D eigenvalue weighted by Crippen LogP contribution is -2.50. The predicted octanol–water partition coefficient (Wildman–Crippen LogP) is 4.82. The Bertz CT molecular complexity index is 823. The Hall–Kier alpha value is -1.89. The number of rotatable bonds is 8. The van der Waals surface area contributed by atoms with Gasteiger partial charge in [-0.25, -0.2) is 4.79 Å². The van der Waals surface area contributed by atoms with Gasteiger partial charge in [0, 0.05) is 0 Å². The van der Waals surface area contributed by atoms with Crippen molar-refractivity contribution in [3.05, 3.63) is 16.5 Å². The highest BCUT2D eigenvalue weighted by atomic mass is 32.1. The molecule has 0 radical (unpaired) electrons. The number of hydrogen-bond donors (Lipinski definition) is 1. The lowest BCUT2D eigenvalue weighted by atomic mass is 9.49. The Morgan fingerprint density at radius 3 is 2.26 bits per heavy atom. The second-order valence-corrected chi connectivity index (χ2v) is 11.0. The van der Waals surface area contributed by atoms with E-state index in [-0.39, 0.29) is 24.6 Å². The zero-order chi connectivity index (χ0) is 22.2. The van der Waals surface area contributed by atoms with Gasteiger partial charge in [0.2, 0.25) is 0 Å². The molecule has 1 heterocycles. The molecule has 7 heteroatoms. The van der Waals surface area contributed by atoms with Crippen molar-refractivity contribution >= 4 is 34.2 Å². The van der Waals surface area contributed by atoms with Crippen LogP contribution in [0.3, 0.4) is 0 Å². The molecule has 31 heavy (non-hydrogen) atoms. The van der Waals surface area contributed by atoms with Crippen LogP contribution in [0.1, 0.15) is 75.2 Å². The highest BCUT2D eigenvalue weighted by Crippen LogP contribution is 2.60. The summed E-state index contributed by atoms with van der Waals surface area (Å²) in [6.45, 7) is 5.87. The van der Waals surface area contributed by atoms with Gasteiger partial charge in [-0.05, 0) is 86.5 Å². The number of amides is 1. The van der Waals surface area contributed by atoms with Crippen molar-refractivity contribution in [3.63, 3.8) is 0 Å². The maximum Gasteiger partial charge on any atom is 0.341 e. The minimum absolute atomic E-state index is 0.209. The second kappa shape index (κ2) is 8.93. The van der Waals surface area contributed by atoms with Gasteiger partial charge in [0.05, 0.1) is 17.6 Å².